The second-order valence-corrected chi connectivity index (χ2v) is 11.6. The first-order chi connectivity index (χ1) is 19.2. The molecule has 41 heavy (non-hydrogen) atoms. The molecule has 1 aromatic rings. The van der Waals surface area contributed by atoms with Crippen molar-refractivity contribution in [1.82, 2.24) is 9.80 Å². The number of ketones is 3. The Hall–Kier alpha value is -4.19. The molecule has 0 bridgehead atoms. The summed E-state index contributed by atoms with van der Waals surface area (Å²) in [5, 5.41) is 33.3. The van der Waals surface area contributed by atoms with Crippen molar-refractivity contribution in [1.29, 1.82) is 0 Å². The van der Waals surface area contributed by atoms with Crippen LogP contribution < -0.4 is 5.73 Å². The monoisotopic (exact) mass is 567 g/mol. The van der Waals surface area contributed by atoms with E-state index in [1.807, 2.05) is 0 Å². The summed E-state index contributed by atoms with van der Waals surface area (Å²) in [6, 6.07) is 1.64. The Kier molecular flexibility index (Phi) is 6.72. The number of hydrogen-bond acceptors (Lipinski definition) is 10. The topological polar surface area (TPSA) is 188 Å². The average molecular weight is 568 g/mol. The number of phenols is 1. The summed E-state index contributed by atoms with van der Waals surface area (Å²) < 4.78 is 4.83. The van der Waals surface area contributed by atoms with Crippen molar-refractivity contribution >= 4 is 29.4 Å². The molecular formula is C29H33N3O9. The van der Waals surface area contributed by atoms with Crippen molar-refractivity contribution in [3.05, 3.63) is 51.5 Å². The molecule has 12 nitrogen and oxygen atoms in total. The van der Waals surface area contributed by atoms with Gasteiger partial charge in [-0.2, -0.15) is 0 Å². The van der Waals surface area contributed by atoms with Crippen molar-refractivity contribution in [2.24, 2.45) is 23.0 Å². The quantitative estimate of drug-likeness (QED) is 0.292. The van der Waals surface area contributed by atoms with Gasteiger partial charge in [-0.25, -0.2) is 4.79 Å². The number of benzene rings is 1. The molecule has 0 aromatic heterocycles. The molecule has 12 heteroatoms. The fourth-order valence-electron chi connectivity index (χ4n) is 6.89. The molecule has 0 spiro atoms. The number of Topliss-reactive ketones (excluding diaryl/α,β-unsaturated/α-hetero) is 3. The lowest BCUT2D eigenvalue weighted by Crippen LogP contribution is -2.58. The Balaban J connectivity index is 1.61. The Morgan fingerprint density at radius 1 is 1.12 bits per heavy atom. The Morgan fingerprint density at radius 3 is 2.34 bits per heavy atom. The van der Waals surface area contributed by atoms with Gasteiger partial charge in [-0.05, 0) is 70.3 Å². The molecule has 0 heterocycles. The van der Waals surface area contributed by atoms with Gasteiger partial charge in [0, 0.05) is 23.1 Å². The van der Waals surface area contributed by atoms with E-state index in [4.69, 9.17) is 10.5 Å². The summed E-state index contributed by atoms with van der Waals surface area (Å²) in [5.41, 5.74) is 3.28. The van der Waals surface area contributed by atoms with Crippen LogP contribution in [0.15, 0.2) is 34.8 Å². The molecule has 2 amide bonds. The van der Waals surface area contributed by atoms with Crippen LogP contribution in [0.1, 0.15) is 52.5 Å². The number of primary amides is 1. The third-order valence-electron chi connectivity index (χ3n) is 9.08. The van der Waals surface area contributed by atoms with Crippen molar-refractivity contribution in [3.8, 4) is 5.75 Å². The number of carbonyl (C=O) groups excluding carboxylic acids is 5. The molecule has 4 aliphatic rings. The van der Waals surface area contributed by atoms with Crippen LogP contribution in [0.3, 0.4) is 0 Å². The normalized spacial score (nSPS) is 27.3. The average Bonchev–Trinajstić information content (AvgIpc) is 3.74. The van der Waals surface area contributed by atoms with Crippen molar-refractivity contribution in [2.75, 3.05) is 27.7 Å². The van der Waals surface area contributed by atoms with Crippen molar-refractivity contribution in [2.45, 2.75) is 44.7 Å². The number of likely N-dealkylation sites (N-methyl/N-ethyl adjacent to an activating group) is 1. The third kappa shape index (κ3) is 4.11. The van der Waals surface area contributed by atoms with E-state index in [1.165, 1.54) is 31.1 Å². The number of aromatic hydroxyl groups is 1. The predicted molar refractivity (Wildman–Crippen MR) is 143 cm³/mol. The predicted octanol–water partition coefficient (Wildman–Crippen LogP) is 1.81. The summed E-state index contributed by atoms with van der Waals surface area (Å²) in [7, 11) is 4.53. The van der Waals surface area contributed by atoms with E-state index >= 15 is 0 Å². The number of phenolic OH excluding ortho intramolecular Hbond substituents is 1. The van der Waals surface area contributed by atoms with Gasteiger partial charge in [-0.1, -0.05) is 0 Å². The first-order valence-corrected chi connectivity index (χ1v) is 13.4. The first kappa shape index (κ1) is 28.3. The SMILES string of the molecule is COC(=O)N(CC(=O)c1ccc(O)c2c1C[C@H]1C[C@H]3[C@@H](N(C)C)C(O)=C(C(N)=O)C(=O)[C@@]3(C)C(O)=C1C2=O)C1CC1. The maximum absolute atomic E-state index is 13.9. The summed E-state index contributed by atoms with van der Waals surface area (Å²) >= 11 is 0. The van der Waals surface area contributed by atoms with E-state index in [0.717, 1.165) is 12.8 Å². The van der Waals surface area contributed by atoms with E-state index < -0.39 is 75.5 Å². The number of nitrogens with two attached hydrogens (primary N) is 1. The van der Waals surface area contributed by atoms with Gasteiger partial charge >= 0.3 is 6.09 Å². The zero-order valence-electron chi connectivity index (χ0n) is 23.3. The molecule has 5 rings (SSSR count). The minimum absolute atomic E-state index is 0.0751. The summed E-state index contributed by atoms with van der Waals surface area (Å²) in [6.07, 6.45) is 1.08. The van der Waals surface area contributed by atoms with Gasteiger partial charge in [-0.3, -0.25) is 29.0 Å². The molecule has 4 atom stereocenters. The molecule has 1 fully saturated rings. The summed E-state index contributed by atoms with van der Waals surface area (Å²) in [5.74, 6) is -6.05. The second-order valence-electron chi connectivity index (χ2n) is 11.6. The van der Waals surface area contributed by atoms with Crippen LogP contribution in [0, 0.1) is 17.3 Å². The number of fused-ring (bicyclic) bond motifs is 3. The number of hydrogen-bond donors (Lipinski definition) is 4. The lowest BCUT2D eigenvalue weighted by Gasteiger charge is -2.51. The van der Waals surface area contributed by atoms with E-state index in [2.05, 4.69) is 0 Å². The Labute approximate surface area is 236 Å². The van der Waals surface area contributed by atoms with Crippen LogP contribution in [-0.4, -0.2) is 94.3 Å². The first-order valence-electron chi connectivity index (χ1n) is 13.4. The number of ether oxygens (including phenoxy) is 1. The molecule has 5 N–H and O–H groups in total. The highest BCUT2D eigenvalue weighted by molar-refractivity contribution is 6.23. The number of aliphatic hydroxyl groups is 2. The van der Waals surface area contributed by atoms with Crippen LogP contribution in [0.25, 0.3) is 0 Å². The number of aliphatic hydroxyl groups excluding tert-OH is 2. The van der Waals surface area contributed by atoms with Crippen molar-refractivity contribution in [3.63, 3.8) is 0 Å². The van der Waals surface area contributed by atoms with Crippen LogP contribution in [-0.2, 0) is 20.7 Å². The maximum atomic E-state index is 13.9. The zero-order chi connectivity index (χ0) is 30.1. The van der Waals surface area contributed by atoms with Gasteiger partial charge in [0.1, 0.15) is 22.8 Å². The maximum Gasteiger partial charge on any atom is 0.410 e. The van der Waals surface area contributed by atoms with Gasteiger partial charge in [0.2, 0.25) is 0 Å². The minimum Gasteiger partial charge on any atom is -0.511 e. The van der Waals surface area contributed by atoms with Crippen molar-refractivity contribution < 1.29 is 44.0 Å². The lowest BCUT2D eigenvalue weighted by atomic mass is 9.54. The largest absolute Gasteiger partial charge is 0.511 e. The van der Waals surface area contributed by atoms with Crippen LogP contribution >= 0.6 is 0 Å². The molecule has 218 valence electrons. The molecule has 0 radical (unpaired) electrons. The molecule has 0 unspecified atom stereocenters. The third-order valence-corrected chi connectivity index (χ3v) is 9.08. The molecule has 1 saturated carbocycles. The van der Waals surface area contributed by atoms with E-state index in [9.17, 15) is 39.3 Å². The van der Waals surface area contributed by atoms with Gasteiger partial charge < -0.3 is 25.8 Å². The molecule has 0 saturated heterocycles. The van der Waals surface area contributed by atoms with Gasteiger partial charge in [0.15, 0.2) is 17.3 Å². The fourth-order valence-corrected chi connectivity index (χ4v) is 6.89. The zero-order valence-corrected chi connectivity index (χ0v) is 23.3. The number of methoxy groups -OCH3 is 1. The second kappa shape index (κ2) is 9.72. The summed E-state index contributed by atoms with van der Waals surface area (Å²) in [4.78, 5) is 68.5. The highest BCUT2D eigenvalue weighted by Gasteiger charge is 2.61. The fraction of sp³-hybridized carbons (Fsp3) is 0.483. The van der Waals surface area contributed by atoms with E-state index in [0.29, 0.717) is 0 Å². The smallest absolute Gasteiger partial charge is 0.410 e. The highest BCUT2D eigenvalue weighted by Crippen LogP contribution is 2.56. The number of amides is 2. The standard InChI is InChI=1S/C29H33N3O9/c1-29-16(22(31(2)3)24(36)21(26(29)38)27(30)39)10-12-9-15-14(18(34)11-32(13-5-6-13)28(40)41-4)7-8-17(33)20(15)23(35)19(12)25(29)37/h7-8,12-13,16,22,33,36-37H,5-6,9-11H2,1-4H3,(H2,30,39)/t12-,16-,22+,29+/m0/s1. The van der Waals surface area contributed by atoms with E-state index in [-0.39, 0.29) is 47.7 Å². The van der Waals surface area contributed by atoms with Gasteiger partial charge in [-0.15, -0.1) is 0 Å². The number of nitrogens with zero attached hydrogens (tertiary/aromatic N) is 2. The van der Waals surface area contributed by atoms with Crippen LogP contribution in [0.2, 0.25) is 0 Å². The molecule has 4 aliphatic carbocycles. The van der Waals surface area contributed by atoms with E-state index in [1.54, 1.807) is 19.0 Å². The summed E-state index contributed by atoms with van der Waals surface area (Å²) in [6.45, 7) is 1.15. The van der Waals surface area contributed by atoms with Gasteiger partial charge in [0.25, 0.3) is 5.91 Å². The molecule has 0 aliphatic heterocycles. The number of allylic oxidation sites excluding steroid dienone is 2. The Morgan fingerprint density at radius 2 is 1.78 bits per heavy atom. The van der Waals surface area contributed by atoms with Crippen LogP contribution in [0.4, 0.5) is 4.79 Å². The minimum atomic E-state index is -1.75. The van der Waals surface area contributed by atoms with Crippen LogP contribution in [0.5, 0.6) is 5.75 Å². The molecule has 1 aromatic carbocycles. The highest BCUT2D eigenvalue weighted by atomic mass is 16.5. The lowest BCUT2D eigenvalue weighted by molar-refractivity contribution is -0.134. The Bertz CT molecular complexity index is 1470. The van der Waals surface area contributed by atoms with Gasteiger partial charge in [0.05, 0.1) is 30.7 Å². The number of rotatable bonds is 6. The number of carbonyl (C=O) groups is 5. The molecular weight excluding hydrogens is 534 g/mol.